The molecule has 0 unspecified atom stereocenters. The van der Waals surface area contributed by atoms with E-state index in [1.54, 1.807) is 18.2 Å². The minimum absolute atomic E-state index is 0.139. The van der Waals surface area contributed by atoms with Crippen molar-refractivity contribution in [2.45, 2.75) is 20.3 Å². The molecule has 2 aromatic rings. The lowest BCUT2D eigenvalue weighted by molar-refractivity contribution is 0.101. The van der Waals surface area contributed by atoms with Crippen LogP contribution in [0.3, 0.4) is 0 Å². The molecule has 1 saturated heterocycles. The Kier molecular flexibility index (Phi) is 6.71. The van der Waals surface area contributed by atoms with Gasteiger partial charge >= 0.3 is 0 Å². The Balaban J connectivity index is 1.79. The van der Waals surface area contributed by atoms with Crippen LogP contribution in [-0.2, 0) is 0 Å². The van der Waals surface area contributed by atoms with E-state index in [1.807, 2.05) is 17.0 Å². The van der Waals surface area contributed by atoms with Gasteiger partial charge in [0.1, 0.15) is 5.82 Å². The van der Waals surface area contributed by atoms with Gasteiger partial charge in [-0.15, -0.1) is 0 Å². The van der Waals surface area contributed by atoms with E-state index in [2.05, 4.69) is 39.9 Å². The van der Waals surface area contributed by atoms with Gasteiger partial charge in [0.05, 0.1) is 17.3 Å². The molecule has 1 aliphatic heterocycles. The summed E-state index contributed by atoms with van der Waals surface area (Å²) < 4.78 is 15.5. The number of anilines is 1. The lowest BCUT2D eigenvalue weighted by Gasteiger charge is -2.39. The second kappa shape index (κ2) is 9.23. The molecule has 0 radical (unpaired) electrons. The van der Waals surface area contributed by atoms with Crippen molar-refractivity contribution in [2.24, 2.45) is 0 Å². The van der Waals surface area contributed by atoms with Crippen LogP contribution in [0.15, 0.2) is 46.9 Å². The summed E-state index contributed by atoms with van der Waals surface area (Å²) in [7, 11) is 0. The van der Waals surface area contributed by atoms with Crippen LogP contribution in [0, 0.1) is 17.1 Å². The Morgan fingerprint density at radius 2 is 1.93 bits per heavy atom. The predicted molar refractivity (Wildman–Crippen MR) is 117 cm³/mol. The molecule has 150 valence electrons. The molecule has 0 bridgehead atoms. The van der Waals surface area contributed by atoms with Crippen LogP contribution in [0.4, 0.5) is 10.1 Å². The Morgan fingerprint density at radius 1 is 1.21 bits per heavy atom. The first kappa shape index (κ1) is 21.1. The van der Waals surface area contributed by atoms with E-state index >= 15 is 0 Å². The third kappa shape index (κ3) is 4.68. The number of Topliss-reactive ketones (excluding diaryl/α,β-unsaturated/α-hetero) is 1. The zero-order chi connectivity index (χ0) is 21.0. The second-order valence-electron chi connectivity index (χ2n) is 7.00. The smallest absolute Gasteiger partial charge is 0.159 e. The number of carbonyl (C=O) groups is 1. The summed E-state index contributed by atoms with van der Waals surface area (Å²) in [5, 5.41) is 9.25. The molecule has 0 spiro atoms. The number of nitrogens with zero attached hydrogens (tertiary/aromatic N) is 3. The molecule has 0 saturated carbocycles. The average molecular weight is 456 g/mol. The number of carbonyl (C=O) groups excluding carboxylic acids is 1. The van der Waals surface area contributed by atoms with Crippen molar-refractivity contribution in [3.05, 3.63) is 69.5 Å². The van der Waals surface area contributed by atoms with Gasteiger partial charge in [0.25, 0.3) is 0 Å². The quantitative estimate of drug-likeness (QED) is 0.578. The standard InChI is InChI=1S/C23H23BrFN3O/c1-3-4-22(19-13-17(15-26)5-7-20(19)24)27-9-11-28(12-10-27)23-8-6-18(16(2)29)14-21(23)25/h4-8,13-14H,3,9-12H2,1-2H3/b22-4-. The van der Waals surface area contributed by atoms with E-state index in [1.165, 1.54) is 13.0 Å². The summed E-state index contributed by atoms with van der Waals surface area (Å²) in [4.78, 5) is 15.8. The van der Waals surface area contributed by atoms with Crippen LogP contribution in [0.25, 0.3) is 5.70 Å². The van der Waals surface area contributed by atoms with Gasteiger partial charge in [0.15, 0.2) is 5.78 Å². The Morgan fingerprint density at radius 3 is 2.52 bits per heavy atom. The average Bonchev–Trinajstić information content (AvgIpc) is 2.73. The molecule has 1 aliphatic rings. The Hall–Kier alpha value is -2.65. The molecule has 1 heterocycles. The molecule has 3 rings (SSSR count). The number of halogens is 2. The molecular weight excluding hydrogens is 433 g/mol. The maximum absolute atomic E-state index is 14.5. The lowest BCUT2D eigenvalue weighted by atomic mass is 10.1. The van der Waals surface area contributed by atoms with E-state index in [0.717, 1.165) is 35.2 Å². The highest BCUT2D eigenvalue weighted by Gasteiger charge is 2.23. The summed E-state index contributed by atoms with van der Waals surface area (Å²) in [6.45, 7) is 6.35. The third-order valence-electron chi connectivity index (χ3n) is 5.08. The fourth-order valence-corrected chi connectivity index (χ4v) is 4.01. The van der Waals surface area contributed by atoms with Gasteiger partial charge in [-0.1, -0.05) is 28.9 Å². The molecule has 2 aromatic carbocycles. The molecule has 0 amide bonds. The number of hydrogen-bond donors (Lipinski definition) is 0. The molecular formula is C23H23BrFN3O. The number of rotatable bonds is 5. The van der Waals surface area contributed by atoms with E-state index < -0.39 is 0 Å². The zero-order valence-electron chi connectivity index (χ0n) is 16.6. The summed E-state index contributed by atoms with van der Waals surface area (Å²) in [6, 6.07) is 12.5. The minimum atomic E-state index is -0.361. The van der Waals surface area contributed by atoms with Crippen molar-refractivity contribution in [1.29, 1.82) is 5.26 Å². The maximum atomic E-state index is 14.5. The number of ketones is 1. The summed E-state index contributed by atoms with van der Waals surface area (Å²) in [5.74, 6) is -0.500. The normalized spacial score (nSPS) is 14.7. The number of allylic oxidation sites excluding steroid dienone is 1. The maximum Gasteiger partial charge on any atom is 0.159 e. The molecule has 4 nitrogen and oxygen atoms in total. The monoisotopic (exact) mass is 455 g/mol. The van der Waals surface area contributed by atoms with E-state index in [4.69, 9.17) is 0 Å². The minimum Gasteiger partial charge on any atom is -0.368 e. The van der Waals surface area contributed by atoms with Crippen LogP contribution in [-0.4, -0.2) is 36.9 Å². The van der Waals surface area contributed by atoms with Crippen LogP contribution >= 0.6 is 15.9 Å². The largest absolute Gasteiger partial charge is 0.368 e. The number of benzene rings is 2. The van der Waals surface area contributed by atoms with Crippen molar-refractivity contribution in [2.75, 3.05) is 31.1 Å². The highest BCUT2D eigenvalue weighted by Crippen LogP contribution is 2.30. The molecule has 0 aromatic heterocycles. The van der Waals surface area contributed by atoms with Gasteiger partial charge in [-0.05, 0) is 49.7 Å². The molecule has 6 heteroatoms. The van der Waals surface area contributed by atoms with Gasteiger partial charge in [-0.2, -0.15) is 5.26 Å². The van der Waals surface area contributed by atoms with Gasteiger partial charge in [0, 0.05) is 47.5 Å². The van der Waals surface area contributed by atoms with Crippen molar-refractivity contribution in [3.63, 3.8) is 0 Å². The van der Waals surface area contributed by atoms with Crippen molar-refractivity contribution < 1.29 is 9.18 Å². The molecule has 0 aliphatic carbocycles. The first-order valence-electron chi connectivity index (χ1n) is 9.65. The van der Waals surface area contributed by atoms with E-state index in [-0.39, 0.29) is 11.6 Å². The van der Waals surface area contributed by atoms with Gasteiger partial charge < -0.3 is 9.80 Å². The SMILES string of the molecule is CC/C=C(/c1cc(C#N)ccc1Br)N1CCN(c2ccc(C(C)=O)cc2F)CC1. The molecule has 1 fully saturated rings. The number of hydrogen-bond acceptors (Lipinski definition) is 4. The highest BCUT2D eigenvalue weighted by molar-refractivity contribution is 9.10. The van der Waals surface area contributed by atoms with Gasteiger partial charge in [0.2, 0.25) is 0 Å². The third-order valence-corrected chi connectivity index (χ3v) is 5.78. The van der Waals surface area contributed by atoms with Crippen molar-refractivity contribution in [3.8, 4) is 6.07 Å². The first-order chi connectivity index (χ1) is 13.9. The second-order valence-corrected chi connectivity index (χ2v) is 7.85. The van der Waals surface area contributed by atoms with Crippen LogP contribution < -0.4 is 4.90 Å². The van der Waals surface area contributed by atoms with Crippen LogP contribution in [0.2, 0.25) is 0 Å². The molecule has 0 atom stereocenters. The van der Waals surface area contributed by atoms with E-state index in [0.29, 0.717) is 29.9 Å². The highest BCUT2D eigenvalue weighted by atomic mass is 79.9. The van der Waals surface area contributed by atoms with Crippen LogP contribution in [0.1, 0.15) is 41.8 Å². The summed E-state index contributed by atoms with van der Waals surface area (Å²) >= 11 is 3.61. The fraction of sp³-hybridized carbons (Fsp3) is 0.304. The summed E-state index contributed by atoms with van der Waals surface area (Å²) in [5.41, 5.74) is 3.62. The topological polar surface area (TPSA) is 47.3 Å². The van der Waals surface area contributed by atoms with Crippen LogP contribution in [0.5, 0.6) is 0 Å². The molecule has 0 N–H and O–H groups in total. The fourth-order valence-electron chi connectivity index (χ4n) is 3.56. The first-order valence-corrected chi connectivity index (χ1v) is 10.4. The van der Waals surface area contributed by atoms with Crippen molar-refractivity contribution >= 4 is 33.1 Å². The Labute approximate surface area is 179 Å². The number of piperazine rings is 1. The van der Waals surface area contributed by atoms with E-state index in [9.17, 15) is 14.4 Å². The zero-order valence-corrected chi connectivity index (χ0v) is 18.2. The van der Waals surface area contributed by atoms with Gasteiger partial charge in [-0.25, -0.2) is 4.39 Å². The lowest BCUT2D eigenvalue weighted by Crippen LogP contribution is -2.45. The van der Waals surface area contributed by atoms with Crippen molar-refractivity contribution in [1.82, 2.24) is 4.90 Å². The molecule has 29 heavy (non-hydrogen) atoms. The van der Waals surface area contributed by atoms with Gasteiger partial charge in [-0.3, -0.25) is 4.79 Å². The predicted octanol–water partition coefficient (Wildman–Crippen LogP) is 5.24. The number of nitriles is 1. The Bertz CT molecular complexity index is 988. The summed E-state index contributed by atoms with van der Waals surface area (Å²) in [6.07, 6.45) is 3.04.